The number of ether oxygens (including phenoxy) is 2. The van der Waals surface area contributed by atoms with Gasteiger partial charge >= 0.3 is 0 Å². The van der Waals surface area contributed by atoms with Crippen molar-refractivity contribution in [2.24, 2.45) is 5.73 Å². The lowest BCUT2D eigenvalue weighted by Gasteiger charge is -2.13. The number of nitrogens with two attached hydrogens (primary N) is 1. The first-order chi connectivity index (χ1) is 7.19. The summed E-state index contributed by atoms with van der Waals surface area (Å²) in [7, 11) is 3.31. The van der Waals surface area contributed by atoms with Crippen LogP contribution in [0.15, 0.2) is 18.2 Å². The lowest BCUT2D eigenvalue weighted by molar-refractivity contribution is 0.351. The molecule has 0 aliphatic rings. The zero-order valence-corrected chi connectivity index (χ0v) is 9.62. The molecule has 0 fully saturated rings. The molecule has 0 saturated heterocycles. The second-order valence-corrected chi connectivity index (χ2v) is 3.67. The number of methoxy groups -OCH3 is 2. The molecule has 1 unspecified atom stereocenters. The third-order valence-electron chi connectivity index (χ3n) is 2.35. The minimum atomic E-state index is 0.209. The number of aryl methyl sites for hydroxylation is 1. The van der Waals surface area contributed by atoms with Gasteiger partial charge in [0.1, 0.15) is 0 Å². The second kappa shape index (κ2) is 5.61. The fourth-order valence-corrected chi connectivity index (χ4v) is 1.53. The van der Waals surface area contributed by atoms with Crippen molar-refractivity contribution >= 4 is 0 Å². The number of benzene rings is 1. The van der Waals surface area contributed by atoms with Gasteiger partial charge < -0.3 is 15.2 Å². The van der Waals surface area contributed by atoms with Gasteiger partial charge in [-0.05, 0) is 31.4 Å². The van der Waals surface area contributed by atoms with Gasteiger partial charge in [0.15, 0.2) is 11.5 Å². The fraction of sp³-hybridized carbons (Fsp3) is 0.500. The maximum atomic E-state index is 5.73. The van der Waals surface area contributed by atoms with Crippen molar-refractivity contribution in [2.45, 2.75) is 25.8 Å². The summed E-state index contributed by atoms with van der Waals surface area (Å²) in [5.74, 6) is 1.60. The summed E-state index contributed by atoms with van der Waals surface area (Å²) in [6.45, 7) is 2.01. The second-order valence-electron chi connectivity index (χ2n) is 3.67. The van der Waals surface area contributed by atoms with Gasteiger partial charge in [-0.25, -0.2) is 0 Å². The molecule has 2 N–H and O–H groups in total. The summed E-state index contributed by atoms with van der Waals surface area (Å²) >= 11 is 0. The topological polar surface area (TPSA) is 44.5 Å². The number of hydrogen-bond acceptors (Lipinski definition) is 3. The van der Waals surface area contributed by atoms with E-state index in [0.717, 1.165) is 29.9 Å². The van der Waals surface area contributed by atoms with Crippen LogP contribution in [0.25, 0.3) is 0 Å². The molecule has 3 nitrogen and oxygen atoms in total. The molecule has 15 heavy (non-hydrogen) atoms. The van der Waals surface area contributed by atoms with Gasteiger partial charge in [-0.3, -0.25) is 0 Å². The molecule has 84 valence electrons. The highest BCUT2D eigenvalue weighted by atomic mass is 16.5. The Labute approximate surface area is 91.2 Å². The van der Waals surface area contributed by atoms with Crippen molar-refractivity contribution in [1.82, 2.24) is 0 Å². The summed E-state index contributed by atoms with van der Waals surface area (Å²) in [6.07, 6.45) is 1.86. The van der Waals surface area contributed by atoms with Crippen molar-refractivity contribution < 1.29 is 9.47 Å². The number of hydrogen-bond donors (Lipinski definition) is 1. The van der Waals surface area contributed by atoms with Gasteiger partial charge in [0.05, 0.1) is 14.2 Å². The minimum Gasteiger partial charge on any atom is -0.493 e. The summed E-state index contributed by atoms with van der Waals surface area (Å²) in [6, 6.07) is 6.12. The Morgan fingerprint density at radius 3 is 2.53 bits per heavy atom. The van der Waals surface area contributed by atoms with E-state index in [-0.39, 0.29) is 6.04 Å². The first-order valence-electron chi connectivity index (χ1n) is 5.14. The van der Waals surface area contributed by atoms with E-state index in [1.165, 1.54) is 0 Å². The standard InChI is InChI=1S/C12H19NO2/c1-9(13)7-8-10-5-4-6-11(14-2)12(10)15-3/h4-6,9H,7-8,13H2,1-3H3. The summed E-state index contributed by atoms with van der Waals surface area (Å²) < 4.78 is 10.6. The van der Waals surface area contributed by atoms with Crippen LogP contribution in [0.4, 0.5) is 0 Å². The van der Waals surface area contributed by atoms with Gasteiger partial charge in [0.2, 0.25) is 0 Å². The predicted molar refractivity (Wildman–Crippen MR) is 61.5 cm³/mol. The Kier molecular flexibility index (Phi) is 4.43. The van der Waals surface area contributed by atoms with E-state index in [2.05, 4.69) is 0 Å². The Balaban J connectivity index is 2.86. The Hall–Kier alpha value is -1.22. The normalized spacial score (nSPS) is 12.3. The van der Waals surface area contributed by atoms with Crippen molar-refractivity contribution in [2.75, 3.05) is 14.2 Å². The van der Waals surface area contributed by atoms with Crippen LogP contribution in [0.2, 0.25) is 0 Å². The third kappa shape index (κ3) is 3.13. The smallest absolute Gasteiger partial charge is 0.163 e. The van der Waals surface area contributed by atoms with Crippen LogP contribution in [0.5, 0.6) is 11.5 Å². The molecule has 0 amide bonds. The maximum absolute atomic E-state index is 5.73. The molecule has 0 aromatic heterocycles. The van der Waals surface area contributed by atoms with Crippen LogP contribution >= 0.6 is 0 Å². The largest absolute Gasteiger partial charge is 0.493 e. The molecule has 1 atom stereocenters. The van der Waals surface area contributed by atoms with E-state index in [4.69, 9.17) is 15.2 Å². The van der Waals surface area contributed by atoms with Crippen LogP contribution in [0.3, 0.4) is 0 Å². The molecule has 1 aromatic carbocycles. The molecule has 0 bridgehead atoms. The van der Waals surface area contributed by atoms with Crippen LogP contribution in [-0.2, 0) is 6.42 Å². The summed E-state index contributed by atoms with van der Waals surface area (Å²) in [5, 5.41) is 0. The molecule has 0 heterocycles. The highest BCUT2D eigenvalue weighted by Gasteiger charge is 2.09. The van der Waals surface area contributed by atoms with Gasteiger partial charge in [-0.2, -0.15) is 0 Å². The average Bonchev–Trinajstić information content (AvgIpc) is 2.25. The Morgan fingerprint density at radius 2 is 2.00 bits per heavy atom. The van der Waals surface area contributed by atoms with E-state index >= 15 is 0 Å². The van der Waals surface area contributed by atoms with Crippen LogP contribution in [0.1, 0.15) is 18.9 Å². The predicted octanol–water partition coefficient (Wildman–Crippen LogP) is 1.98. The van der Waals surface area contributed by atoms with E-state index in [1.54, 1.807) is 14.2 Å². The van der Waals surface area contributed by atoms with Gasteiger partial charge in [-0.15, -0.1) is 0 Å². The van der Waals surface area contributed by atoms with Crippen molar-refractivity contribution in [1.29, 1.82) is 0 Å². The summed E-state index contributed by atoms with van der Waals surface area (Å²) in [5.41, 5.74) is 6.88. The molecule has 0 aliphatic carbocycles. The molecular weight excluding hydrogens is 190 g/mol. The van der Waals surface area contributed by atoms with Gasteiger partial charge in [-0.1, -0.05) is 12.1 Å². The lowest BCUT2D eigenvalue weighted by atomic mass is 10.1. The van der Waals surface area contributed by atoms with E-state index in [0.29, 0.717) is 0 Å². The zero-order chi connectivity index (χ0) is 11.3. The molecule has 0 radical (unpaired) electrons. The Bertz CT molecular complexity index is 310. The molecule has 0 saturated carbocycles. The van der Waals surface area contributed by atoms with Gasteiger partial charge in [0.25, 0.3) is 0 Å². The molecule has 3 heteroatoms. The van der Waals surface area contributed by atoms with Gasteiger partial charge in [0, 0.05) is 6.04 Å². The van der Waals surface area contributed by atoms with Crippen molar-refractivity contribution in [3.8, 4) is 11.5 Å². The van der Waals surface area contributed by atoms with Crippen LogP contribution in [0, 0.1) is 0 Å². The Morgan fingerprint density at radius 1 is 1.27 bits per heavy atom. The SMILES string of the molecule is COc1cccc(CCC(C)N)c1OC. The first-order valence-corrected chi connectivity index (χ1v) is 5.14. The highest BCUT2D eigenvalue weighted by molar-refractivity contribution is 5.46. The molecule has 1 aromatic rings. The summed E-state index contributed by atoms with van der Waals surface area (Å²) in [4.78, 5) is 0. The maximum Gasteiger partial charge on any atom is 0.163 e. The molecule has 1 rings (SSSR count). The highest BCUT2D eigenvalue weighted by Crippen LogP contribution is 2.31. The average molecular weight is 209 g/mol. The molecule has 0 aliphatic heterocycles. The monoisotopic (exact) mass is 209 g/mol. The fourth-order valence-electron chi connectivity index (χ4n) is 1.53. The third-order valence-corrected chi connectivity index (χ3v) is 2.35. The van der Waals surface area contributed by atoms with Crippen molar-refractivity contribution in [3.63, 3.8) is 0 Å². The van der Waals surface area contributed by atoms with E-state index < -0.39 is 0 Å². The first kappa shape index (κ1) is 11.9. The quantitative estimate of drug-likeness (QED) is 0.806. The molecule has 0 spiro atoms. The number of para-hydroxylation sites is 1. The van der Waals surface area contributed by atoms with E-state index in [1.807, 2.05) is 25.1 Å². The zero-order valence-electron chi connectivity index (χ0n) is 9.62. The minimum absolute atomic E-state index is 0.209. The molecular formula is C12H19NO2. The van der Waals surface area contributed by atoms with Crippen LogP contribution in [-0.4, -0.2) is 20.3 Å². The lowest BCUT2D eigenvalue weighted by Crippen LogP contribution is -2.15. The van der Waals surface area contributed by atoms with Crippen molar-refractivity contribution in [3.05, 3.63) is 23.8 Å². The van der Waals surface area contributed by atoms with Crippen LogP contribution < -0.4 is 15.2 Å². The van der Waals surface area contributed by atoms with E-state index in [9.17, 15) is 0 Å². The number of rotatable bonds is 5.